The molecule has 1 heterocycles. The Morgan fingerprint density at radius 1 is 1.47 bits per heavy atom. The number of carbonyl (C=O) groups excluding carboxylic acids is 2. The fourth-order valence-electron chi connectivity index (χ4n) is 1.39. The van der Waals surface area contributed by atoms with Gasteiger partial charge in [0.2, 0.25) is 11.8 Å². The quantitative estimate of drug-likeness (QED) is 0.554. The third-order valence-electron chi connectivity index (χ3n) is 3.00. The van der Waals surface area contributed by atoms with Crippen molar-refractivity contribution in [3.8, 4) is 0 Å². The average molecular weight is 243 g/mol. The summed E-state index contributed by atoms with van der Waals surface area (Å²) in [6, 6.07) is -0.573. The predicted molar refractivity (Wildman–Crippen MR) is 59.3 cm³/mol. The molecule has 7 heteroatoms. The molecule has 1 fully saturated rings. The van der Waals surface area contributed by atoms with Gasteiger partial charge in [-0.3, -0.25) is 14.9 Å². The second kappa shape index (κ2) is 4.70. The minimum absolute atomic E-state index is 0.0672. The number of nitrogens with zero attached hydrogens (tertiary/aromatic N) is 1. The number of nitrogens with one attached hydrogen (secondary N) is 2. The Balaban J connectivity index is 2.70. The van der Waals surface area contributed by atoms with E-state index in [-0.39, 0.29) is 24.9 Å². The lowest BCUT2D eigenvalue weighted by atomic mass is 10.0. The fraction of sp³-hybridized carbons (Fsp3) is 0.700. The van der Waals surface area contributed by atoms with Gasteiger partial charge in [-0.15, -0.1) is 0 Å². The molecule has 1 unspecified atom stereocenters. The van der Waals surface area contributed by atoms with Gasteiger partial charge in [0.25, 0.3) is 0 Å². The van der Waals surface area contributed by atoms with Crippen LogP contribution in [0.4, 0.5) is 0 Å². The molecular weight excluding hydrogens is 226 g/mol. The molecule has 0 spiro atoms. The van der Waals surface area contributed by atoms with Gasteiger partial charge in [-0.05, 0) is 13.8 Å². The van der Waals surface area contributed by atoms with Gasteiger partial charge in [-0.1, -0.05) is 0 Å². The summed E-state index contributed by atoms with van der Waals surface area (Å²) in [7, 11) is 1.44. The first-order chi connectivity index (χ1) is 7.76. The van der Waals surface area contributed by atoms with Crippen LogP contribution in [0.1, 0.15) is 13.8 Å². The van der Waals surface area contributed by atoms with E-state index in [9.17, 15) is 14.4 Å². The Kier molecular flexibility index (Phi) is 3.72. The summed E-state index contributed by atoms with van der Waals surface area (Å²) in [6.07, 6.45) is 0. The molecule has 0 saturated carbocycles. The molecule has 7 nitrogen and oxygen atoms in total. The largest absolute Gasteiger partial charge is 0.480 e. The molecule has 0 bridgehead atoms. The van der Waals surface area contributed by atoms with Gasteiger partial charge in [0.1, 0.15) is 11.6 Å². The minimum atomic E-state index is -1.28. The highest BCUT2D eigenvalue weighted by molar-refractivity contribution is 5.91. The number of amides is 2. The smallest absolute Gasteiger partial charge is 0.329 e. The van der Waals surface area contributed by atoms with Crippen molar-refractivity contribution in [3.05, 3.63) is 0 Å². The van der Waals surface area contributed by atoms with Crippen molar-refractivity contribution in [2.75, 3.05) is 20.1 Å². The summed E-state index contributed by atoms with van der Waals surface area (Å²) in [6.45, 7) is 3.15. The van der Waals surface area contributed by atoms with E-state index < -0.39 is 17.6 Å². The molecule has 1 atom stereocenters. The summed E-state index contributed by atoms with van der Waals surface area (Å²) in [5.41, 5.74) is -1.28. The molecular formula is C10H17N3O4. The molecule has 0 aromatic rings. The van der Waals surface area contributed by atoms with Crippen LogP contribution in [0.2, 0.25) is 0 Å². The first-order valence-corrected chi connectivity index (χ1v) is 5.28. The minimum Gasteiger partial charge on any atom is -0.480 e. The molecule has 0 radical (unpaired) electrons. The Hall–Kier alpha value is -1.63. The molecule has 2 amide bonds. The standard InChI is InChI=1S/C10H17N3O4/c1-10(2,9(16)17)13(3)8(15)6-4-12-7(14)5-11-6/h6,11H,4-5H2,1-3H3,(H,12,14)(H,16,17). The van der Waals surface area contributed by atoms with Crippen molar-refractivity contribution < 1.29 is 19.5 Å². The van der Waals surface area contributed by atoms with Crippen LogP contribution >= 0.6 is 0 Å². The third kappa shape index (κ3) is 2.73. The highest BCUT2D eigenvalue weighted by Gasteiger charge is 2.38. The summed E-state index contributed by atoms with van der Waals surface area (Å²) in [4.78, 5) is 35.1. The maximum absolute atomic E-state index is 12.0. The van der Waals surface area contributed by atoms with Crippen molar-refractivity contribution >= 4 is 17.8 Å². The second-order valence-corrected chi connectivity index (χ2v) is 4.50. The van der Waals surface area contributed by atoms with Gasteiger partial charge in [-0.2, -0.15) is 0 Å². The number of hydrogen-bond acceptors (Lipinski definition) is 4. The zero-order valence-corrected chi connectivity index (χ0v) is 10.1. The van der Waals surface area contributed by atoms with E-state index in [2.05, 4.69) is 10.6 Å². The third-order valence-corrected chi connectivity index (χ3v) is 3.00. The van der Waals surface area contributed by atoms with Crippen LogP contribution in [0, 0.1) is 0 Å². The number of aliphatic carboxylic acids is 1. The zero-order chi connectivity index (χ0) is 13.2. The second-order valence-electron chi connectivity index (χ2n) is 4.50. The maximum atomic E-state index is 12.0. The molecule has 1 aliphatic heterocycles. The van der Waals surface area contributed by atoms with Gasteiger partial charge in [0.15, 0.2) is 0 Å². The highest BCUT2D eigenvalue weighted by atomic mass is 16.4. The van der Waals surface area contributed by atoms with Crippen molar-refractivity contribution in [3.63, 3.8) is 0 Å². The van der Waals surface area contributed by atoms with Gasteiger partial charge >= 0.3 is 5.97 Å². The number of hydrogen-bond donors (Lipinski definition) is 3. The fourth-order valence-corrected chi connectivity index (χ4v) is 1.39. The summed E-state index contributed by atoms with van der Waals surface area (Å²) >= 11 is 0. The van der Waals surface area contributed by atoms with Crippen molar-refractivity contribution in [1.29, 1.82) is 0 Å². The lowest BCUT2D eigenvalue weighted by molar-refractivity contribution is -0.156. The number of likely N-dealkylation sites (N-methyl/N-ethyl adjacent to an activating group) is 1. The van der Waals surface area contributed by atoms with E-state index in [0.29, 0.717) is 0 Å². The monoisotopic (exact) mass is 243 g/mol. The van der Waals surface area contributed by atoms with E-state index >= 15 is 0 Å². The predicted octanol–water partition coefficient (Wildman–Crippen LogP) is -1.60. The number of rotatable bonds is 3. The first-order valence-electron chi connectivity index (χ1n) is 5.28. The number of carbonyl (C=O) groups is 3. The van der Waals surface area contributed by atoms with Gasteiger partial charge in [0, 0.05) is 13.6 Å². The molecule has 17 heavy (non-hydrogen) atoms. The Morgan fingerprint density at radius 3 is 2.47 bits per heavy atom. The van der Waals surface area contributed by atoms with Crippen LogP contribution in [0.15, 0.2) is 0 Å². The molecule has 0 aromatic carbocycles. The molecule has 96 valence electrons. The van der Waals surface area contributed by atoms with Gasteiger partial charge in [-0.25, -0.2) is 4.79 Å². The van der Waals surface area contributed by atoms with Crippen molar-refractivity contribution in [1.82, 2.24) is 15.5 Å². The van der Waals surface area contributed by atoms with Crippen LogP contribution in [-0.2, 0) is 14.4 Å². The SMILES string of the molecule is CN(C(=O)C1CNC(=O)CN1)C(C)(C)C(=O)O. The Morgan fingerprint density at radius 2 is 2.06 bits per heavy atom. The van der Waals surface area contributed by atoms with Crippen LogP contribution in [0.25, 0.3) is 0 Å². The molecule has 1 rings (SSSR count). The first kappa shape index (κ1) is 13.4. The van der Waals surface area contributed by atoms with Gasteiger partial charge in [0.05, 0.1) is 6.54 Å². The average Bonchev–Trinajstić information content (AvgIpc) is 2.27. The van der Waals surface area contributed by atoms with Gasteiger partial charge < -0.3 is 15.3 Å². The van der Waals surface area contributed by atoms with E-state index in [1.54, 1.807) is 0 Å². The molecule has 1 saturated heterocycles. The van der Waals surface area contributed by atoms with Crippen LogP contribution in [0.3, 0.4) is 0 Å². The topological polar surface area (TPSA) is 98.7 Å². The highest BCUT2D eigenvalue weighted by Crippen LogP contribution is 2.14. The summed E-state index contributed by atoms with van der Waals surface area (Å²) < 4.78 is 0. The number of carboxylic acids is 1. The molecule has 0 aliphatic carbocycles. The van der Waals surface area contributed by atoms with Crippen LogP contribution < -0.4 is 10.6 Å². The van der Waals surface area contributed by atoms with E-state index in [1.165, 1.54) is 25.8 Å². The van der Waals surface area contributed by atoms with E-state index in [1.807, 2.05) is 0 Å². The van der Waals surface area contributed by atoms with Crippen molar-refractivity contribution in [2.45, 2.75) is 25.4 Å². The van der Waals surface area contributed by atoms with Crippen molar-refractivity contribution in [2.24, 2.45) is 0 Å². The zero-order valence-electron chi connectivity index (χ0n) is 10.1. The summed E-state index contributed by atoms with van der Waals surface area (Å²) in [5.74, 6) is -1.60. The maximum Gasteiger partial charge on any atom is 0.329 e. The van der Waals surface area contributed by atoms with E-state index in [0.717, 1.165) is 0 Å². The van der Waals surface area contributed by atoms with Crippen LogP contribution in [-0.4, -0.2) is 59.5 Å². The normalized spacial score (nSPS) is 20.6. The lowest BCUT2D eigenvalue weighted by Crippen LogP contribution is -2.62. The molecule has 0 aromatic heterocycles. The number of piperazine rings is 1. The molecule has 1 aliphatic rings. The van der Waals surface area contributed by atoms with E-state index in [4.69, 9.17) is 5.11 Å². The van der Waals surface area contributed by atoms with Crippen LogP contribution in [0.5, 0.6) is 0 Å². The molecule has 3 N–H and O–H groups in total. The number of carboxylic acid groups (broad SMARTS) is 1. The summed E-state index contributed by atoms with van der Waals surface area (Å²) in [5, 5.41) is 14.3. The Labute approximate surface area is 99.2 Å². The Bertz CT molecular complexity index is 343. The lowest BCUT2D eigenvalue weighted by Gasteiger charge is -2.35.